The highest BCUT2D eigenvalue weighted by Gasteiger charge is 2.26. The molecule has 1 heterocycles. The van der Waals surface area contributed by atoms with Gasteiger partial charge in [-0.2, -0.15) is 0 Å². The summed E-state index contributed by atoms with van der Waals surface area (Å²) >= 11 is 12.3. The molecule has 5 heteroatoms. The van der Waals surface area contributed by atoms with Gasteiger partial charge in [0, 0.05) is 22.4 Å². The van der Waals surface area contributed by atoms with E-state index in [1.165, 1.54) is 0 Å². The molecule has 0 fully saturated rings. The first-order valence-electron chi connectivity index (χ1n) is 6.82. The Kier molecular flexibility index (Phi) is 4.48. The van der Waals surface area contributed by atoms with Crippen molar-refractivity contribution in [3.63, 3.8) is 0 Å². The Morgan fingerprint density at radius 1 is 1.05 bits per heavy atom. The van der Waals surface area contributed by atoms with Crippen LogP contribution in [0.4, 0.5) is 0 Å². The molecule has 3 aromatic rings. The average Bonchev–Trinajstić information content (AvgIpc) is 3.04. The van der Waals surface area contributed by atoms with Crippen molar-refractivity contribution in [2.75, 3.05) is 0 Å². The maximum atomic E-state index is 10.9. The Labute approximate surface area is 138 Å². The predicted molar refractivity (Wildman–Crippen MR) is 88.2 cm³/mol. The molecule has 22 heavy (non-hydrogen) atoms. The largest absolute Gasteiger partial charge is 0.386 e. The molecule has 0 bridgehead atoms. The van der Waals surface area contributed by atoms with E-state index in [0.717, 1.165) is 11.1 Å². The molecule has 0 saturated carbocycles. The van der Waals surface area contributed by atoms with E-state index in [-0.39, 0.29) is 6.04 Å². The van der Waals surface area contributed by atoms with Gasteiger partial charge in [0.1, 0.15) is 6.10 Å². The van der Waals surface area contributed by atoms with Gasteiger partial charge in [0.05, 0.1) is 12.4 Å². The van der Waals surface area contributed by atoms with Gasteiger partial charge in [-0.25, -0.2) is 4.98 Å². The van der Waals surface area contributed by atoms with Gasteiger partial charge < -0.3 is 9.67 Å². The van der Waals surface area contributed by atoms with Crippen LogP contribution < -0.4 is 0 Å². The first kappa shape index (κ1) is 15.1. The summed E-state index contributed by atoms with van der Waals surface area (Å²) < 4.78 is 1.84. The van der Waals surface area contributed by atoms with Crippen molar-refractivity contribution in [3.05, 3.63) is 88.4 Å². The minimum atomic E-state index is -0.755. The second-order valence-electron chi connectivity index (χ2n) is 4.98. The number of hydrogen-bond donors (Lipinski definition) is 1. The summed E-state index contributed by atoms with van der Waals surface area (Å²) in [6.45, 7) is 0. The molecule has 0 aliphatic heterocycles. The first-order chi connectivity index (χ1) is 10.7. The highest BCUT2D eigenvalue weighted by atomic mass is 35.5. The van der Waals surface area contributed by atoms with Crippen LogP contribution in [0.25, 0.3) is 0 Å². The van der Waals surface area contributed by atoms with E-state index in [1.807, 2.05) is 47.2 Å². The minimum Gasteiger partial charge on any atom is -0.386 e. The second-order valence-corrected chi connectivity index (χ2v) is 5.82. The van der Waals surface area contributed by atoms with Crippen LogP contribution in [0.5, 0.6) is 0 Å². The lowest BCUT2D eigenvalue weighted by molar-refractivity contribution is 0.131. The van der Waals surface area contributed by atoms with Gasteiger partial charge >= 0.3 is 0 Å². The van der Waals surface area contributed by atoms with Crippen molar-refractivity contribution >= 4 is 23.2 Å². The Hall–Kier alpha value is -1.81. The summed E-state index contributed by atoms with van der Waals surface area (Å²) in [4.78, 5) is 4.07. The minimum absolute atomic E-state index is 0.380. The van der Waals surface area contributed by atoms with Gasteiger partial charge in [0.2, 0.25) is 0 Å². The molecule has 2 atom stereocenters. The number of imidazole rings is 1. The van der Waals surface area contributed by atoms with Crippen molar-refractivity contribution in [2.45, 2.75) is 12.1 Å². The zero-order valence-electron chi connectivity index (χ0n) is 11.6. The SMILES string of the molecule is OC(c1ccccc1)C(c1ccc(Cl)cc1Cl)n1ccnc1. The Morgan fingerprint density at radius 3 is 2.45 bits per heavy atom. The second kappa shape index (κ2) is 6.53. The van der Waals surface area contributed by atoms with Crippen molar-refractivity contribution in [2.24, 2.45) is 0 Å². The number of nitrogens with zero attached hydrogens (tertiary/aromatic N) is 2. The quantitative estimate of drug-likeness (QED) is 0.763. The van der Waals surface area contributed by atoms with Gasteiger partial charge in [-0.15, -0.1) is 0 Å². The summed E-state index contributed by atoms with van der Waals surface area (Å²) in [5.74, 6) is 0. The number of hydrogen-bond acceptors (Lipinski definition) is 2. The fraction of sp³-hybridized carbons (Fsp3) is 0.118. The third-order valence-corrected chi connectivity index (χ3v) is 4.13. The summed E-state index contributed by atoms with van der Waals surface area (Å²) in [6.07, 6.45) is 4.40. The number of benzene rings is 2. The molecule has 1 aromatic heterocycles. The van der Waals surface area contributed by atoms with Crippen LogP contribution >= 0.6 is 23.2 Å². The van der Waals surface area contributed by atoms with E-state index in [2.05, 4.69) is 4.98 Å². The number of aliphatic hydroxyl groups is 1. The van der Waals surface area contributed by atoms with Crippen molar-refractivity contribution < 1.29 is 5.11 Å². The molecule has 0 amide bonds. The molecule has 3 nitrogen and oxygen atoms in total. The summed E-state index contributed by atoms with van der Waals surface area (Å²) in [6, 6.07) is 14.4. The molecule has 0 saturated heterocycles. The van der Waals surface area contributed by atoms with Crippen LogP contribution in [0.15, 0.2) is 67.3 Å². The fourth-order valence-electron chi connectivity index (χ4n) is 2.50. The monoisotopic (exact) mass is 332 g/mol. The Bertz CT molecular complexity index is 745. The van der Waals surface area contributed by atoms with Crippen LogP contribution in [0.3, 0.4) is 0 Å². The number of halogens is 2. The molecule has 1 N–H and O–H groups in total. The topological polar surface area (TPSA) is 38.0 Å². The lowest BCUT2D eigenvalue weighted by Gasteiger charge is -2.26. The molecule has 3 rings (SSSR count). The molecule has 112 valence electrons. The maximum Gasteiger partial charge on any atom is 0.104 e. The maximum absolute atomic E-state index is 10.9. The average molecular weight is 333 g/mol. The smallest absolute Gasteiger partial charge is 0.104 e. The van der Waals surface area contributed by atoms with Crippen LogP contribution in [0.2, 0.25) is 10.0 Å². The molecular weight excluding hydrogens is 319 g/mol. The highest BCUT2D eigenvalue weighted by Crippen LogP contribution is 2.36. The van der Waals surface area contributed by atoms with E-state index in [1.54, 1.807) is 24.7 Å². The summed E-state index contributed by atoms with van der Waals surface area (Å²) in [7, 11) is 0. The third-order valence-electron chi connectivity index (χ3n) is 3.57. The van der Waals surface area contributed by atoms with E-state index in [4.69, 9.17) is 23.2 Å². The molecule has 0 radical (unpaired) electrons. The first-order valence-corrected chi connectivity index (χ1v) is 7.58. The van der Waals surface area contributed by atoms with E-state index >= 15 is 0 Å². The predicted octanol–water partition coefficient (Wildman–Crippen LogP) is 4.51. The van der Waals surface area contributed by atoms with Crippen molar-refractivity contribution in [1.82, 2.24) is 9.55 Å². The van der Waals surface area contributed by atoms with Crippen molar-refractivity contribution in [1.29, 1.82) is 0 Å². The van der Waals surface area contributed by atoms with Gasteiger partial charge in [-0.1, -0.05) is 59.6 Å². The highest BCUT2D eigenvalue weighted by molar-refractivity contribution is 6.35. The molecule has 0 spiro atoms. The molecule has 0 aliphatic rings. The molecular formula is C17H14Cl2N2O. The van der Waals surface area contributed by atoms with Crippen molar-refractivity contribution in [3.8, 4) is 0 Å². The zero-order chi connectivity index (χ0) is 15.5. The van der Waals surface area contributed by atoms with E-state index in [9.17, 15) is 5.11 Å². The standard InChI is InChI=1S/C17H14Cl2N2O/c18-13-6-7-14(15(19)10-13)16(21-9-8-20-11-21)17(22)12-4-2-1-3-5-12/h1-11,16-17,22H. The zero-order valence-corrected chi connectivity index (χ0v) is 13.1. The molecule has 0 aliphatic carbocycles. The third kappa shape index (κ3) is 3.02. The molecule has 2 aromatic carbocycles. The molecule has 2 unspecified atom stereocenters. The summed E-state index contributed by atoms with van der Waals surface area (Å²) in [5, 5.41) is 11.9. The Balaban J connectivity index is 2.09. The lowest BCUT2D eigenvalue weighted by Crippen LogP contribution is -2.18. The summed E-state index contributed by atoms with van der Waals surface area (Å²) in [5.41, 5.74) is 1.60. The van der Waals surface area contributed by atoms with E-state index in [0.29, 0.717) is 10.0 Å². The number of aliphatic hydroxyl groups excluding tert-OH is 1. The van der Waals surface area contributed by atoms with Gasteiger partial charge in [-0.3, -0.25) is 0 Å². The van der Waals surface area contributed by atoms with Crippen LogP contribution in [-0.4, -0.2) is 14.7 Å². The number of rotatable bonds is 4. The van der Waals surface area contributed by atoms with Gasteiger partial charge in [0.25, 0.3) is 0 Å². The van der Waals surface area contributed by atoms with Crippen LogP contribution in [0, 0.1) is 0 Å². The van der Waals surface area contributed by atoms with Gasteiger partial charge in [0.15, 0.2) is 0 Å². The van der Waals surface area contributed by atoms with Crippen LogP contribution in [-0.2, 0) is 0 Å². The van der Waals surface area contributed by atoms with Crippen LogP contribution in [0.1, 0.15) is 23.3 Å². The Morgan fingerprint density at radius 2 is 1.82 bits per heavy atom. The lowest BCUT2D eigenvalue weighted by atomic mass is 9.95. The van der Waals surface area contributed by atoms with Gasteiger partial charge in [-0.05, 0) is 23.3 Å². The normalized spacial score (nSPS) is 13.8. The fourth-order valence-corrected chi connectivity index (χ4v) is 3.02. The number of aromatic nitrogens is 2. The van der Waals surface area contributed by atoms with E-state index < -0.39 is 6.10 Å².